The molecule has 0 aliphatic carbocycles. The molecule has 10 nitrogen and oxygen atoms in total. The van der Waals surface area contributed by atoms with Crippen LogP contribution in [0.2, 0.25) is 0 Å². The number of nitrogens with zero attached hydrogens (tertiary/aromatic N) is 4. The molecule has 10 heteroatoms. The van der Waals surface area contributed by atoms with Crippen molar-refractivity contribution in [1.29, 1.82) is 0 Å². The molecule has 0 amide bonds. The topological polar surface area (TPSA) is 110 Å². The molecule has 1 aliphatic heterocycles. The summed E-state index contributed by atoms with van der Waals surface area (Å²) in [6.07, 6.45) is 3.07. The van der Waals surface area contributed by atoms with Gasteiger partial charge in [0.25, 0.3) is 0 Å². The predicted octanol–water partition coefficient (Wildman–Crippen LogP) is 3.76. The number of hydrogen-bond donors (Lipinski definition) is 0. The number of furan rings is 1. The Labute approximate surface area is 194 Å². The number of hydrogen-bond acceptors (Lipinski definition) is 9. The summed E-state index contributed by atoms with van der Waals surface area (Å²) in [6, 6.07) is 8.99. The van der Waals surface area contributed by atoms with Gasteiger partial charge in [0.1, 0.15) is 12.1 Å². The van der Waals surface area contributed by atoms with Crippen molar-refractivity contribution in [2.45, 2.75) is 19.8 Å². The van der Waals surface area contributed by atoms with Gasteiger partial charge in [-0.25, -0.2) is 19.3 Å². The maximum Gasteiger partial charge on any atom is 0.338 e. The molecule has 0 radical (unpaired) electrons. The maximum atomic E-state index is 13.1. The van der Waals surface area contributed by atoms with Gasteiger partial charge in [-0.3, -0.25) is 0 Å². The van der Waals surface area contributed by atoms with Crippen LogP contribution in [0, 0.1) is 0 Å². The van der Waals surface area contributed by atoms with Crippen LogP contribution in [-0.4, -0.2) is 46.4 Å². The Morgan fingerprint density at radius 3 is 2.71 bits per heavy atom. The molecule has 34 heavy (non-hydrogen) atoms. The smallest absolute Gasteiger partial charge is 0.338 e. The van der Waals surface area contributed by atoms with E-state index in [2.05, 4.69) is 10.1 Å². The van der Waals surface area contributed by atoms with Crippen molar-refractivity contribution in [1.82, 2.24) is 19.6 Å². The highest BCUT2D eigenvalue weighted by molar-refractivity contribution is 5.93. The normalized spacial score (nSPS) is 15.1. The molecular formula is C24H22N4O6. The fourth-order valence-electron chi connectivity index (χ4n) is 4.09. The molecule has 0 N–H and O–H groups in total. The number of methoxy groups -OCH3 is 2. The Hall–Kier alpha value is -4.34. The second-order valence-electron chi connectivity index (χ2n) is 7.48. The number of aromatic nitrogens is 4. The van der Waals surface area contributed by atoms with Crippen molar-refractivity contribution >= 4 is 11.6 Å². The van der Waals surface area contributed by atoms with Crippen LogP contribution < -0.4 is 14.2 Å². The Kier molecular flexibility index (Phi) is 5.40. The zero-order valence-electron chi connectivity index (χ0n) is 19.1. The number of allylic oxidation sites excluding steroid dienone is 1. The largest absolute Gasteiger partial charge is 0.493 e. The van der Waals surface area contributed by atoms with Gasteiger partial charge in [0, 0.05) is 0 Å². The molecular weight excluding hydrogens is 440 g/mol. The number of fused-ring (bicyclic) bond motifs is 3. The number of benzene rings is 1. The third-order valence-corrected chi connectivity index (χ3v) is 5.57. The van der Waals surface area contributed by atoms with E-state index < -0.39 is 11.9 Å². The molecule has 4 aromatic rings. The van der Waals surface area contributed by atoms with E-state index in [4.69, 9.17) is 28.3 Å². The molecule has 3 aromatic heterocycles. The highest BCUT2D eigenvalue weighted by atomic mass is 16.5. The zero-order chi connectivity index (χ0) is 23.8. The third-order valence-electron chi connectivity index (χ3n) is 5.57. The van der Waals surface area contributed by atoms with Gasteiger partial charge in [-0.15, -0.1) is 5.10 Å². The summed E-state index contributed by atoms with van der Waals surface area (Å²) in [5.74, 6) is 1.61. The van der Waals surface area contributed by atoms with Crippen LogP contribution in [0.15, 0.2) is 58.7 Å². The van der Waals surface area contributed by atoms with Crippen molar-refractivity contribution in [3.63, 3.8) is 0 Å². The molecule has 1 atom stereocenters. The van der Waals surface area contributed by atoms with E-state index in [1.807, 2.05) is 12.1 Å². The maximum absolute atomic E-state index is 13.1. The number of rotatable bonds is 6. The minimum Gasteiger partial charge on any atom is -0.493 e. The predicted molar refractivity (Wildman–Crippen MR) is 120 cm³/mol. The molecule has 0 fully saturated rings. The quantitative estimate of drug-likeness (QED) is 0.396. The van der Waals surface area contributed by atoms with E-state index in [0.29, 0.717) is 51.5 Å². The fraction of sp³-hybridized carbons (Fsp3) is 0.250. The van der Waals surface area contributed by atoms with Crippen LogP contribution in [0.1, 0.15) is 30.9 Å². The summed E-state index contributed by atoms with van der Waals surface area (Å²) in [5, 5.41) is 4.49. The first kappa shape index (κ1) is 21.5. The standard InChI is InChI=1S/C24H22N4O6/c1-5-32-24(29)18-13(2)34-23-20(19(18)14-8-9-15(30-3)17(11-14)31-4)22-26-21(16-7-6-10-33-16)27-28(22)12-25-23/h6-12,19H,5H2,1-4H3/t19-/m1/s1. The average Bonchev–Trinajstić information content (AvgIpc) is 3.52. The highest BCUT2D eigenvalue weighted by Crippen LogP contribution is 2.46. The van der Waals surface area contributed by atoms with E-state index in [1.165, 1.54) is 10.8 Å². The third kappa shape index (κ3) is 3.43. The Balaban J connectivity index is 1.77. The first-order valence-electron chi connectivity index (χ1n) is 10.6. The minimum atomic E-state index is -0.604. The van der Waals surface area contributed by atoms with Crippen LogP contribution in [0.3, 0.4) is 0 Å². The van der Waals surface area contributed by atoms with E-state index in [0.717, 1.165) is 5.56 Å². The van der Waals surface area contributed by atoms with E-state index in [-0.39, 0.29) is 6.61 Å². The van der Waals surface area contributed by atoms with Gasteiger partial charge in [0.15, 0.2) is 22.9 Å². The first-order valence-corrected chi connectivity index (χ1v) is 10.6. The van der Waals surface area contributed by atoms with E-state index in [1.54, 1.807) is 52.5 Å². The van der Waals surface area contributed by atoms with Crippen LogP contribution in [0.4, 0.5) is 0 Å². The monoisotopic (exact) mass is 462 g/mol. The van der Waals surface area contributed by atoms with Crippen molar-refractivity contribution in [2.75, 3.05) is 20.8 Å². The molecule has 0 saturated heterocycles. The lowest BCUT2D eigenvalue weighted by Crippen LogP contribution is -2.24. The molecule has 1 aliphatic rings. The van der Waals surface area contributed by atoms with Crippen LogP contribution >= 0.6 is 0 Å². The lowest BCUT2D eigenvalue weighted by Gasteiger charge is -2.28. The fourth-order valence-corrected chi connectivity index (χ4v) is 4.09. The Morgan fingerprint density at radius 1 is 1.18 bits per heavy atom. The summed E-state index contributed by atoms with van der Waals surface area (Å²) in [5.41, 5.74) is 2.15. The van der Waals surface area contributed by atoms with Gasteiger partial charge in [-0.2, -0.15) is 0 Å². The second-order valence-corrected chi connectivity index (χ2v) is 7.48. The van der Waals surface area contributed by atoms with E-state index in [9.17, 15) is 4.79 Å². The van der Waals surface area contributed by atoms with Gasteiger partial charge >= 0.3 is 5.97 Å². The first-order chi connectivity index (χ1) is 16.5. The highest BCUT2D eigenvalue weighted by Gasteiger charge is 2.38. The molecule has 0 bridgehead atoms. The summed E-state index contributed by atoms with van der Waals surface area (Å²) in [6.45, 7) is 3.69. The van der Waals surface area contributed by atoms with Gasteiger partial charge in [-0.1, -0.05) is 6.07 Å². The van der Waals surface area contributed by atoms with Crippen molar-refractivity contribution in [3.05, 3.63) is 65.4 Å². The molecule has 0 saturated carbocycles. The molecule has 4 heterocycles. The molecule has 0 spiro atoms. The van der Waals surface area contributed by atoms with Crippen molar-refractivity contribution < 1.29 is 28.2 Å². The summed E-state index contributed by atoms with van der Waals surface area (Å²) in [7, 11) is 3.12. The SMILES string of the molecule is CCOC(=O)C1=C(C)Oc2ncn3nc(-c4ccco4)nc3c2[C@@H]1c1ccc(OC)c(OC)c1. The molecule has 1 aromatic carbocycles. The van der Waals surface area contributed by atoms with E-state index >= 15 is 0 Å². The van der Waals surface area contributed by atoms with Gasteiger partial charge in [0.2, 0.25) is 11.7 Å². The van der Waals surface area contributed by atoms with Crippen molar-refractivity contribution in [3.8, 4) is 29.0 Å². The molecule has 0 unspecified atom stereocenters. The lowest BCUT2D eigenvalue weighted by molar-refractivity contribution is -0.139. The Bertz CT molecular complexity index is 1410. The minimum absolute atomic E-state index is 0.219. The molecule has 174 valence electrons. The number of carbonyl (C=O) groups excluding carboxylic acids is 1. The summed E-state index contributed by atoms with van der Waals surface area (Å²) < 4.78 is 29.3. The molecule has 5 rings (SSSR count). The van der Waals surface area contributed by atoms with Gasteiger partial charge < -0.3 is 23.4 Å². The zero-order valence-corrected chi connectivity index (χ0v) is 19.1. The number of esters is 1. The Morgan fingerprint density at radius 2 is 2.00 bits per heavy atom. The summed E-state index contributed by atoms with van der Waals surface area (Å²) in [4.78, 5) is 22.3. The van der Waals surface area contributed by atoms with Crippen molar-refractivity contribution in [2.24, 2.45) is 0 Å². The van der Waals surface area contributed by atoms with Crippen LogP contribution in [0.25, 0.3) is 17.2 Å². The lowest BCUT2D eigenvalue weighted by atomic mass is 9.83. The number of ether oxygens (including phenoxy) is 4. The number of carbonyl (C=O) groups is 1. The average molecular weight is 462 g/mol. The van der Waals surface area contributed by atoms with Gasteiger partial charge in [-0.05, 0) is 43.7 Å². The van der Waals surface area contributed by atoms with Crippen LogP contribution in [0.5, 0.6) is 17.4 Å². The second kappa shape index (κ2) is 8.54. The van der Waals surface area contributed by atoms with Crippen LogP contribution in [-0.2, 0) is 9.53 Å². The summed E-state index contributed by atoms with van der Waals surface area (Å²) >= 11 is 0. The van der Waals surface area contributed by atoms with Gasteiger partial charge in [0.05, 0.1) is 44.1 Å².